The smallest absolute Gasteiger partial charge is 0.251 e. The molecule has 5 heteroatoms. The van der Waals surface area contributed by atoms with Crippen molar-refractivity contribution >= 4 is 17.5 Å². The molecule has 0 spiro atoms. The third-order valence-electron chi connectivity index (χ3n) is 4.39. The second kappa shape index (κ2) is 8.04. The van der Waals surface area contributed by atoms with E-state index >= 15 is 0 Å². The first-order chi connectivity index (χ1) is 12.5. The molecule has 0 aromatic heterocycles. The first-order valence-corrected chi connectivity index (χ1v) is 8.94. The molecule has 1 aliphatic rings. The first-order valence-electron chi connectivity index (χ1n) is 8.94. The van der Waals surface area contributed by atoms with Gasteiger partial charge in [-0.1, -0.05) is 23.8 Å². The van der Waals surface area contributed by atoms with Crippen LogP contribution in [-0.4, -0.2) is 31.0 Å². The fourth-order valence-electron chi connectivity index (χ4n) is 2.94. The van der Waals surface area contributed by atoms with Crippen LogP contribution in [0.3, 0.4) is 0 Å². The van der Waals surface area contributed by atoms with Crippen molar-refractivity contribution in [3.63, 3.8) is 0 Å². The van der Waals surface area contributed by atoms with Crippen molar-refractivity contribution in [1.82, 2.24) is 5.32 Å². The minimum atomic E-state index is -0.168. The van der Waals surface area contributed by atoms with Gasteiger partial charge in [0, 0.05) is 24.2 Å². The summed E-state index contributed by atoms with van der Waals surface area (Å²) in [5.41, 5.74) is 2.50. The van der Waals surface area contributed by atoms with Crippen LogP contribution in [0.2, 0.25) is 0 Å². The number of carbonyl (C=O) groups excluding carboxylic acids is 2. The van der Waals surface area contributed by atoms with Crippen molar-refractivity contribution < 1.29 is 14.3 Å². The summed E-state index contributed by atoms with van der Waals surface area (Å²) in [5, 5.41) is 2.94. The highest BCUT2D eigenvalue weighted by molar-refractivity contribution is 5.99. The molecule has 1 heterocycles. The van der Waals surface area contributed by atoms with E-state index in [0.717, 1.165) is 17.9 Å². The van der Waals surface area contributed by atoms with Gasteiger partial charge in [0.05, 0.1) is 6.04 Å². The van der Waals surface area contributed by atoms with E-state index < -0.39 is 0 Å². The topological polar surface area (TPSA) is 58.6 Å². The Morgan fingerprint density at radius 3 is 2.69 bits per heavy atom. The number of rotatable bonds is 6. The lowest BCUT2D eigenvalue weighted by Gasteiger charge is -2.18. The molecule has 1 saturated heterocycles. The van der Waals surface area contributed by atoms with Crippen molar-refractivity contribution in [1.29, 1.82) is 0 Å². The lowest BCUT2D eigenvalue weighted by atomic mass is 10.1. The van der Waals surface area contributed by atoms with Gasteiger partial charge in [0.1, 0.15) is 12.4 Å². The van der Waals surface area contributed by atoms with Crippen molar-refractivity contribution in [2.24, 2.45) is 0 Å². The second-order valence-corrected chi connectivity index (χ2v) is 6.70. The van der Waals surface area contributed by atoms with Crippen LogP contribution in [0.1, 0.15) is 35.7 Å². The van der Waals surface area contributed by atoms with E-state index in [1.165, 1.54) is 5.56 Å². The summed E-state index contributed by atoms with van der Waals surface area (Å²) in [4.78, 5) is 26.1. The normalized spacial score (nSPS) is 15.0. The van der Waals surface area contributed by atoms with Crippen molar-refractivity contribution in [3.05, 3.63) is 59.7 Å². The summed E-state index contributed by atoms with van der Waals surface area (Å²) in [5.74, 6) is 0.729. The monoisotopic (exact) mass is 352 g/mol. The first kappa shape index (κ1) is 18.0. The molecule has 5 nitrogen and oxygen atoms in total. The lowest BCUT2D eigenvalue weighted by Crippen LogP contribution is -2.36. The SMILES string of the molecule is Cc1ccc(OC[C@H](C)NC(=O)c2cccc(N3CCCC3=O)c2)cc1. The molecule has 26 heavy (non-hydrogen) atoms. The summed E-state index contributed by atoms with van der Waals surface area (Å²) in [6.45, 7) is 5.03. The Hall–Kier alpha value is -2.82. The van der Waals surface area contributed by atoms with Gasteiger partial charge in [0.2, 0.25) is 5.91 Å². The van der Waals surface area contributed by atoms with E-state index in [1.807, 2.05) is 50.2 Å². The van der Waals surface area contributed by atoms with Crippen LogP contribution < -0.4 is 15.0 Å². The average Bonchev–Trinajstić information content (AvgIpc) is 3.07. The summed E-state index contributed by atoms with van der Waals surface area (Å²) in [7, 11) is 0. The Morgan fingerprint density at radius 2 is 2.00 bits per heavy atom. The predicted molar refractivity (Wildman–Crippen MR) is 102 cm³/mol. The molecule has 136 valence electrons. The summed E-state index contributed by atoms with van der Waals surface area (Å²) in [6.07, 6.45) is 1.44. The minimum Gasteiger partial charge on any atom is -0.491 e. The molecule has 1 aliphatic heterocycles. The number of hydrogen-bond acceptors (Lipinski definition) is 3. The highest BCUT2D eigenvalue weighted by Crippen LogP contribution is 2.22. The zero-order valence-electron chi connectivity index (χ0n) is 15.2. The Bertz CT molecular complexity index is 786. The lowest BCUT2D eigenvalue weighted by molar-refractivity contribution is -0.117. The fourth-order valence-corrected chi connectivity index (χ4v) is 2.94. The van der Waals surface area contributed by atoms with Gasteiger partial charge < -0.3 is 15.0 Å². The molecule has 2 amide bonds. The summed E-state index contributed by atoms with van der Waals surface area (Å²) in [6, 6.07) is 14.9. The maximum atomic E-state index is 12.5. The molecule has 1 fully saturated rings. The molecule has 0 aliphatic carbocycles. The number of ether oxygens (including phenoxy) is 1. The molecule has 3 rings (SSSR count). The number of anilines is 1. The molecule has 0 radical (unpaired) electrons. The molecule has 0 bridgehead atoms. The second-order valence-electron chi connectivity index (χ2n) is 6.70. The van der Waals surface area contributed by atoms with Crippen LogP contribution >= 0.6 is 0 Å². The van der Waals surface area contributed by atoms with E-state index in [9.17, 15) is 9.59 Å². The van der Waals surface area contributed by atoms with Crippen LogP contribution in [0.15, 0.2) is 48.5 Å². The number of amides is 2. The molecule has 2 aromatic rings. The Kier molecular flexibility index (Phi) is 5.56. The van der Waals surface area contributed by atoms with Gasteiger partial charge in [0.25, 0.3) is 5.91 Å². The Labute approximate surface area is 154 Å². The maximum Gasteiger partial charge on any atom is 0.251 e. The molecular weight excluding hydrogens is 328 g/mol. The Balaban J connectivity index is 1.57. The fraction of sp³-hybridized carbons (Fsp3) is 0.333. The zero-order valence-corrected chi connectivity index (χ0v) is 15.2. The molecule has 1 N–H and O–H groups in total. The standard InChI is InChI=1S/C21H24N2O3/c1-15-8-10-19(11-9-15)26-14-16(2)22-21(25)17-5-3-6-18(13-17)23-12-4-7-20(23)24/h3,5-6,8-11,13,16H,4,7,12,14H2,1-2H3,(H,22,25)/t16-/m0/s1. The average molecular weight is 352 g/mol. The van der Waals surface area contributed by atoms with E-state index in [4.69, 9.17) is 4.74 Å². The van der Waals surface area contributed by atoms with Gasteiger partial charge in [-0.05, 0) is 50.6 Å². The minimum absolute atomic E-state index is 0.113. The van der Waals surface area contributed by atoms with E-state index in [0.29, 0.717) is 25.1 Å². The van der Waals surface area contributed by atoms with Crippen molar-refractivity contribution in [3.8, 4) is 5.75 Å². The summed E-state index contributed by atoms with van der Waals surface area (Å²) < 4.78 is 5.71. The number of benzene rings is 2. The third-order valence-corrected chi connectivity index (χ3v) is 4.39. The van der Waals surface area contributed by atoms with E-state index in [1.54, 1.807) is 17.0 Å². The van der Waals surface area contributed by atoms with Gasteiger partial charge in [-0.15, -0.1) is 0 Å². The van der Waals surface area contributed by atoms with Crippen LogP contribution in [0.25, 0.3) is 0 Å². The van der Waals surface area contributed by atoms with E-state index in [-0.39, 0.29) is 17.9 Å². The predicted octanol–water partition coefficient (Wildman–Crippen LogP) is 3.32. The third kappa shape index (κ3) is 4.42. The summed E-state index contributed by atoms with van der Waals surface area (Å²) >= 11 is 0. The number of nitrogens with zero attached hydrogens (tertiary/aromatic N) is 1. The van der Waals surface area contributed by atoms with Gasteiger partial charge in [-0.25, -0.2) is 0 Å². The maximum absolute atomic E-state index is 12.5. The number of aryl methyl sites for hydroxylation is 1. The van der Waals surface area contributed by atoms with Crippen LogP contribution in [0.4, 0.5) is 5.69 Å². The number of nitrogens with one attached hydrogen (secondary N) is 1. The highest BCUT2D eigenvalue weighted by Gasteiger charge is 2.22. The molecule has 2 aromatic carbocycles. The molecule has 1 atom stereocenters. The van der Waals surface area contributed by atoms with Crippen LogP contribution in [0, 0.1) is 6.92 Å². The quantitative estimate of drug-likeness (QED) is 0.868. The zero-order chi connectivity index (χ0) is 18.5. The van der Waals surface area contributed by atoms with Gasteiger partial charge in [0.15, 0.2) is 0 Å². The van der Waals surface area contributed by atoms with Gasteiger partial charge in [-0.3, -0.25) is 9.59 Å². The van der Waals surface area contributed by atoms with Gasteiger partial charge >= 0.3 is 0 Å². The van der Waals surface area contributed by atoms with Crippen molar-refractivity contribution in [2.45, 2.75) is 32.7 Å². The van der Waals surface area contributed by atoms with Crippen molar-refractivity contribution in [2.75, 3.05) is 18.1 Å². The van der Waals surface area contributed by atoms with Crippen LogP contribution in [-0.2, 0) is 4.79 Å². The number of hydrogen-bond donors (Lipinski definition) is 1. The largest absolute Gasteiger partial charge is 0.491 e. The molecule has 0 saturated carbocycles. The Morgan fingerprint density at radius 1 is 1.23 bits per heavy atom. The van der Waals surface area contributed by atoms with Gasteiger partial charge in [-0.2, -0.15) is 0 Å². The van der Waals surface area contributed by atoms with Crippen LogP contribution in [0.5, 0.6) is 5.75 Å². The van der Waals surface area contributed by atoms with E-state index in [2.05, 4.69) is 5.32 Å². The molecule has 0 unspecified atom stereocenters. The molecular formula is C21H24N2O3. The number of carbonyl (C=O) groups is 2. The highest BCUT2D eigenvalue weighted by atomic mass is 16.5.